The highest BCUT2D eigenvalue weighted by Gasteiger charge is 2.35. The number of amides is 2. The third-order valence-corrected chi connectivity index (χ3v) is 4.14. The Morgan fingerprint density at radius 1 is 1.23 bits per heavy atom. The van der Waals surface area contributed by atoms with Crippen molar-refractivity contribution in [2.24, 2.45) is 11.0 Å². The molecule has 0 aromatic heterocycles. The van der Waals surface area contributed by atoms with Crippen LogP contribution in [0.15, 0.2) is 53.6 Å². The lowest BCUT2D eigenvalue weighted by Gasteiger charge is -2.16. The van der Waals surface area contributed by atoms with Gasteiger partial charge in [-0.1, -0.05) is 12.1 Å². The second kappa shape index (κ2) is 7.77. The van der Waals surface area contributed by atoms with Gasteiger partial charge in [0.25, 0.3) is 0 Å². The molecule has 0 aliphatic carbocycles. The first-order chi connectivity index (χ1) is 12.6. The van der Waals surface area contributed by atoms with Crippen LogP contribution < -0.4 is 15.1 Å². The van der Waals surface area contributed by atoms with Gasteiger partial charge in [0.1, 0.15) is 11.6 Å². The number of carbonyl (C=O) groups excluding carboxylic acids is 2. The average Bonchev–Trinajstić information content (AvgIpc) is 3.05. The van der Waals surface area contributed by atoms with E-state index in [1.165, 1.54) is 18.3 Å². The summed E-state index contributed by atoms with van der Waals surface area (Å²) >= 11 is 0. The van der Waals surface area contributed by atoms with Gasteiger partial charge in [-0.05, 0) is 42.0 Å². The largest absolute Gasteiger partial charge is 0.497 e. The van der Waals surface area contributed by atoms with Crippen molar-refractivity contribution in [3.63, 3.8) is 0 Å². The molecule has 1 atom stereocenters. The third-order valence-electron chi connectivity index (χ3n) is 4.14. The summed E-state index contributed by atoms with van der Waals surface area (Å²) in [4.78, 5) is 26.0. The molecule has 1 aliphatic heterocycles. The summed E-state index contributed by atoms with van der Waals surface area (Å²) in [6, 6.07) is 12.8. The van der Waals surface area contributed by atoms with Crippen LogP contribution in [0, 0.1) is 11.7 Å². The number of rotatable bonds is 5. The topological polar surface area (TPSA) is 71.0 Å². The van der Waals surface area contributed by atoms with Gasteiger partial charge in [-0.15, -0.1) is 0 Å². The second-order valence-electron chi connectivity index (χ2n) is 5.89. The Labute approximate surface area is 150 Å². The number of nitrogens with zero attached hydrogens (tertiary/aromatic N) is 2. The molecule has 0 spiro atoms. The highest BCUT2D eigenvalue weighted by molar-refractivity contribution is 6.00. The molecule has 1 aliphatic rings. The van der Waals surface area contributed by atoms with Crippen molar-refractivity contribution in [3.8, 4) is 5.75 Å². The number of anilines is 1. The maximum absolute atomic E-state index is 12.8. The first kappa shape index (κ1) is 17.6. The van der Waals surface area contributed by atoms with E-state index in [-0.39, 0.29) is 24.1 Å². The van der Waals surface area contributed by atoms with E-state index in [0.29, 0.717) is 17.9 Å². The van der Waals surface area contributed by atoms with E-state index in [0.717, 1.165) is 5.69 Å². The molecule has 26 heavy (non-hydrogen) atoms. The van der Waals surface area contributed by atoms with Crippen LogP contribution in [-0.2, 0) is 9.59 Å². The minimum atomic E-state index is -0.477. The van der Waals surface area contributed by atoms with E-state index in [4.69, 9.17) is 4.74 Å². The number of nitrogens with one attached hydrogen (secondary N) is 1. The fourth-order valence-electron chi connectivity index (χ4n) is 2.71. The van der Waals surface area contributed by atoms with Gasteiger partial charge in [-0.3, -0.25) is 9.59 Å². The zero-order valence-corrected chi connectivity index (χ0v) is 14.2. The van der Waals surface area contributed by atoms with Gasteiger partial charge < -0.3 is 9.64 Å². The van der Waals surface area contributed by atoms with Crippen molar-refractivity contribution in [2.45, 2.75) is 6.42 Å². The first-order valence-corrected chi connectivity index (χ1v) is 8.09. The van der Waals surface area contributed by atoms with Crippen molar-refractivity contribution < 1.29 is 18.7 Å². The molecule has 1 N–H and O–H groups in total. The van der Waals surface area contributed by atoms with Crippen LogP contribution in [0.2, 0.25) is 0 Å². The Kier molecular flexibility index (Phi) is 5.26. The Hall–Kier alpha value is -3.22. The van der Waals surface area contributed by atoms with E-state index in [9.17, 15) is 14.0 Å². The number of methoxy groups -OCH3 is 1. The molecule has 6 nitrogen and oxygen atoms in total. The van der Waals surface area contributed by atoms with Gasteiger partial charge in [0, 0.05) is 18.7 Å². The van der Waals surface area contributed by atoms with Gasteiger partial charge in [-0.25, -0.2) is 9.82 Å². The highest BCUT2D eigenvalue weighted by Crippen LogP contribution is 2.26. The molecule has 2 aromatic carbocycles. The Bertz CT molecular complexity index is 819. The molecule has 0 radical (unpaired) electrons. The summed E-state index contributed by atoms with van der Waals surface area (Å²) in [6.07, 6.45) is 1.55. The van der Waals surface area contributed by atoms with Crippen LogP contribution in [-0.4, -0.2) is 31.7 Å². The molecule has 2 aromatic rings. The van der Waals surface area contributed by atoms with Crippen LogP contribution in [0.1, 0.15) is 12.0 Å². The summed E-state index contributed by atoms with van der Waals surface area (Å²) in [5.41, 5.74) is 3.82. The molecule has 1 heterocycles. The molecule has 134 valence electrons. The number of halogens is 1. The second-order valence-corrected chi connectivity index (χ2v) is 5.89. The lowest BCUT2D eigenvalue weighted by molar-refractivity contribution is -0.126. The van der Waals surface area contributed by atoms with Crippen molar-refractivity contribution in [1.29, 1.82) is 0 Å². The first-order valence-electron chi connectivity index (χ1n) is 8.09. The smallest absolute Gasteiger partial charge is 0.245 e. The normalized spacial score (nSPS) is 16.9. The van der Waals surface area contributed by atoms with Crippen molar-refractivity contribution in [2.75, 3.05) is 18.6 Å². The molecule has 7 heteroatoms. The lowest BCUT2D eigenvalue weighted by atomic mass is 10.1. The number of carbonyl (C=O) groups is 2. The predicted molar refractivity (Wildman–Crippen MR) is 95.6 cm³/mol. The molecular formula is C19H18FN3O3. The quantitative estimate of drug-likeness (QED) is 0.661. The molecule has 1 saturated heterocycles. The lowest BCUT2D eigenvalue weighted by Crippen LogP contribution is -2.30. The van der Waals surface area contributed by atoms with Crippen LogP contribution in [0.4, 0.5) is 10.1 Å². The number of hydrogen-bond acceptors (Lipinski definition) is 4. The van der Waals surface area contributed by atoms with Gasteiger partial charge in [0.05, 0.1) is 19.2 Å². The van der Waals surface area contributed by atoms with E-state index < -0.39 is 5.92 Å². The zero-order valence-electron chi connectivity index (χ0n) is 14.2. The Morgan fingerprint density at radius 2 is 1.92 bits per heavy atom. The summed E-state index contributed by atoms with van der Waals surface area (Å²) in [6.45, 7) is 0.295. The monoisotopic (exact) mass is 355 g/mol. The molecular weight excluding hydrogens is 337 g/mol. The SMILES string of the molecule is COc1ccc(N2CC(C(=O)NN=Cc3ccc(F)cc3)CC2=O)cc1. The van der Waals surface area contributed by atoms with Gasteiger partial charge in [-0.2, -0.15) is 5.10 Å². The van der Waals surface area contributed by atoms with Gasteiger partial charge in [0.2, 0.25) is 11.8 Å². The zero-order chi connectivity index (χ0) is 18.5. The Balaban J connectivity index is 1.58. The van der Waals surface area contributed by atoms with E-state index >= 15 is 0 Å². The van der Waals surface area contributed by atoms with E-state index in [1.54, 1.807) is 48.4 Å². The molecule has 1 fully saturated rings. The molecule has 0 bridgehead atoms. The fourth-order valence-corrected chi connectivity index (χ4v) is 2.71. The third kappa shape index (κ3) is 4.05. The average molecular weight is 355 g/mol. The summed E-state index contributed by atoms with van der Waals surface area (Å²) in [5.74, 6) is -0.556. The van der Waals surface area contributed by atoms with Crippen LogP contribution in [0.5, 0.6) is 5.75 Å². The maximum atomic E-state index is 12.8. The maximum Gasteiger partial charge on any atom is 0.245 e. The predicted octanol–water partition coefficient (Wildman–Crippen LogP) is 2.34. The molecule has 1 unspecified atom stereocenters. The van der Waals surface area contributed by atoms with Gasteiger partial charge in [0.15, 0.2) is 0 Å². The van der Waals surface area contributed by atoms with Crippen LogP contribution in [0.25, 0.3) is 0 Å². The highest BCUT2D eigenvalue weighted by atomic mass is 19.1. The standard InChI is InChI=1S/C19H18FN3O3/c1-26-17-8-6-16(7-9-17)23-12-14(10-18(23)24)19(25)22-21-11-13-2-4-15(20)5-3-13/h2-9,11,14H,10,12H2,1H3,(H,22,25). The van der Waals surface area contributed by atoms with Crippen molar-refractivity contribution >= 4 is 23.7 Å². The van der Waals surface area contributed by atoms with Crippen LogP contribution in [0.3, 0.4) is 0 Å². The summed E-state index contributed by atoms with van der Waals surface area (Å²) < 4.78 is 17.9. The van der Waals surface area contributed by atoms with Crippen molar-refractivity contribution in [1.82, 2.24) is 5.43 Å². The summed E-state index contributed by atoms with van der Waals surface area (Å²) in [7, 11) is 1.57. The van der Waals surface area contributed by atoms with Gasteiger partial charge >= 0.3 is 0 Å². The molecule has 3 rings (SSSR count). The number of hydrogen-bond donors (Lipinski definition) is 1. The fraction of sp³-hybridized carbons (Fsp3) is 0.211. The molecule has 0 saturated carbocycles. The molecule has 2 amide bonds. The van der Waals surface area contributed by atoms with E-state index in [1.807, 2.05) is 0 Å². The van der Waals surface area contributed by atoms with Crippen molar-refractivity contribution in [3.05, 3.63) is 59.9 Å². The Morgan fingerprint density at radius 3 is 2.58 bits per heavy atom. The number of hydrazone groups is 1. The number of ether oxygens (including phenoxy) is 1. The summed E-state index contributed by atoms with van der Waals surface area (Å²) in [5, 5.41) is 3.87. The van der Waals surface area contributed by atoms with Crippen LogP contribution >= 0.6 is 0 Å². The van der Waals surface area contributed by atoms with E-state index in [2.05, 4.69) is 10.5 Å². The minimum Gasteiger partial charge on any atom is -0.497 e. The number of benzene rings is 2. The minimum absolute atomic E-state index is 0.113.